The maximum Gasteiger partial charge on any atom is 0.0700 e. The number of ether oxygens (including phenoxy) is 3. The van der Waals surface area contributed by atoms with Crippen LogP contribution in [-0.4, -0.2) is 51.4 Å². The molecule has 0 saturated carbocycles. The van der Waals surface area contributed by atoms with Crippen LogP contribution in [0.15, 0.2) is 0 Å². The van der Waals surface area contributed by atoms with Gasteiger partial charge in [0.25, 0.3) is 0 Å². The lowest BCUT2D eigenvalue weighted by Crippen LogP contribution is -2.07. The lowest BCUT2D eigenvalue weighted by Gasteiger charge is -2.06. The predicted octanol–water partition coefficient (Wildman–Crippen LogP) is 1.61. The molecular formula is C12H26O4. The normalized spacial score (nSPS) is 12.9. The molecule has 1 N–H and O–H groups in total. The third kappa shape index (κ3) is 13.8. The summed E-state index contributed by atoms with van der Waals surface area (Å²) < 4.78 is 15.6. The van der Waals surface area contributed by atoms with Gasteiger partial charge in [0.2, 0.25) is 0 Å². The van der Waals surface area contributed by atoms with Gasteiger partial charge < -0.3 is 19.3 Å². The lowest BCUT2D eigenvalue weighted by atomic mass is 10.2. The van der Waals surface area contributed by atoms with E-state index in [1.807, 2.05) is 6.92 Å². The largest absolute Gasteiger partial charge is 0.393 e. The number of rotatable bonds is 12. The van der Waals surface area contributed by atoms with Crippen LogP contribution in [0.4, 0.5) is 0 Å². The quantitative estimate of drug-likeness (QED) is 0.521. The Morgan fingerprint density at radius 3 is 2.06 bits per heavy atom. The van der Waals surface area contributed by atoms with Crippen LogP contribution in [-0.2, 0) is 14.2 Å². The minimum atomic E-state index is -0.191. The smallest absolute Gasteiger partial charge is 0.0700 e. The Hall–Kier alpha value is -0.160. The second kappa shape index (κ2) is 12.9. The molecule has 1 unspecified atom stereocenters. The number of hydrogen-bond acceptors (Lipinski definition) is 4. The number of methoxy groups -OCH3 is 1. The summed E-state index contributed by atoms with van der Waals surface area (Å²) in [4.78, 5) is 0. The number of aliphatic hydroxyl groups is 1. The summed E-state index contributed by atoms with van der Waals surface area (Å²) in [7, 11) is 1.69. The van der Waals surface area contributed by atoms with Gasteiger partial charge >= 0.3 is 0 Å². The third-order valence-electron chi connectivity index (χ3n) is 2.17. The highest BCUT2D eigenvalue weighted by Crippen LogP contribution is 1.99. The zero-order valence-electron chi connectivity index (χ0n) is 10.6. The highest BCUT2D eigenvalue weighted by Gasteiger charge is 1.95. The van der Waals surface area contributed by atoms with Gasteiger partial charge in [0.15, 0.2) is 0 Å². The Morgan fingerprint density at radius 2 is 1.50 bits per heavy atom. The van der Waals surface area contributed by atoms with Crippen molar-refractivity contribution in [1.82, 2.24) is 0 Å². The molecule has 0 radical (unpaired) electrons. The van der Waals surface area contributed by atoms with Crippen LogP contribution in [0.1, 0.15) is 32.6 Å². The Kier molecular flexibility index (Phi) is 12.8. The van der Waals surface area contributed by atoms with Gasteiger partial charge in [0.1, 0.15) is 0 Å². The van der Waals surface area contributed by atoms with E-state index in [9.17, 15) is 0 Å². The molecule has 1 atom stereocenters. The second-order valence-electron chi connectivity index (χ2n) is 3.92. The summed E-state index contributed by atoms with van der Waals surface area (Å²) in [5.41, 5.74) is 0. The van der Waals surface area contributed by atoms with Crippen molar-refractivity contribution in [1.29, 1.82) is 0 Å². The highest BCUT2D eigenvalue weighted by molar-refractivity contribution is 4.47. The Balaban J connectivity index is 2.88. The van der Waals surface area contributed by atoms with E-state index in [4.69, 9.17) is 19.3 Å². The number of aliphatic hydroxyl groups excluding tert-OH is 1. The zero-order chi connectivity index (χ0) is 12.1. The zero-order valence-corrected chi connectivity index (χ0v) is 10.6. The van der Waals surface area contributed by atoms with E-state index in [-0.39, 0.29) is 6.10 Å². The third-order valence-corrected chi connectivity index (χ3v) is 2.17. The van der Waals surface area contributed by atoms with Crippen LogP contribution in [0, 0.1) is 0 Å². The summed E-state index contributed by atoms with van der Waals surface area (Å²) in [5, 5.41) is 9.02. The molecule has 0 rings (SSSR count). The molecule has 0 aromatic rings. The standard InChI is InChI=1S/C12H26O4/c1-12(13)6-3-4-8-15-10-11-16-9-5-7-14-2/h12-13H,3-11H2,1-2H3. The summed E-state index contributed by atoms with van der Waals surface area (Å²) in [6.45, 7) is 5.37. The average Bonchev–Trinajstić information content (AvgIpc) is 2.25. The monoisotopic (exact) mass is 234 g/mol. The number of hydrogen-bond donors (Lipinski definition) is 1. The minimum absolute atomic E-state index is 0.191. The summed E-state index contributed by atoms with van der Waals surface area (Å²) >= 11 is 0. The van der Waals surface area contributed by atoms with Gasteiger partial charge in [-0.2, -0.15) is 0 Å². The topological polar surface area (TPSA) is 47.9 Å². The molecule has 0 aliphatic carbocycles. The molecule has 4 nitrogen and oxygen atoms in total. The van der Waals surface area contributed by atoms with Crippen LogP contribution < -0.4 is 0 Å². The molecule has 0 aliphatic heterocycles. The maximum absolute atomic E-state index is 9.02. The predicted molar refractivity (Wildman–Crippen MR) is 63.7 cm³/mol. The maximum atomic E-state index is 9.02. The van der Waals surface area contributed by atoms with Crippen molar-refractivity contribution >= 4 is 0 Å². The fourth-order valence-corrected chi connectivity index (χ4v) is 1.27. The molecule has 98 valence electrons. The van der Waals surface area contributed by atoms with Crippen LogP contribution in [0.25, 0.3) is 0 Å². The molecule has 0 amide bonds. The average molecular weight is 234 g/mol. The van der Waals surface area contributed by atoms with Gasteiger partial charge in [-0.15, -0.1) is 0 Å². The fourth-order valence-electron chi connectivity index (χ4n) is 1.27. The minimum Gasteiger partial charge on any atom is -0.393 e. The molecule has 0 aromatic heterocycles. The first-order chi connectivity index (χ1) is 7.77. The van der Waals surface area contributed by atoms with Gasteiger partial charge in [-0.3, -0.25) is 0 Å². The van der Waals surface area contributed by atoms with E-state index in [1.54, 1.807) is 7.11 Å². The Morgan fingerprint density at radius 1 is 0.875 bits per heavy atom. The van der Waals surface area contributed by atoms with E-state index < -0.39 is 0 Å². The van der Waals surface area contributed by atoms with Crippen LogP contribution >= 0.6 is 0 Å². The van der Waals surface area contributed by atoms with Crippen molar-refractivity contribution in [3.05, 3.63) is 0 Å². The van der Waals surface area contributed by atoms with E-state index in [2.05, 4.69) is 0 Å². The van der Waals surface area contributed by atoms with Crippen molar-refractivity contribution in [3.8, 4) is 0 Å². The van der Waals surface area contributed by atoms with E-state index in [0.29, 0.717) is 13.2 Å². The molecule has 0 aliphatic rings. The summed E-state index contributed by atoms with van der Waals surface area (Å²) in [5.74, 6) is 0. The number of unbranched alkanes of at least 4 members (excludes halogenated alkanes) is 1. The van der Waals surface area contributed by atoms with E-state index in [0.717, 1.165) is 45.5 Å². The van der Waals surface area contributed by atoms with Crippen LogP contribution in [0.5, 0.6) is 0 Å². The van der Waals surface area contributed by atoms with Crippen molar-refractivity contribution in [2.75, 3.05) is 40.1 Å². The Bertz CT molecular complexity index is 128. The molecule has 0 heterocycles. The van der Waals surface area contributed by atoms with Gasteiger partial charge in [0.05, 0.1) is 19.3 Å². The van der Waals surface area contributed by atoms with Crippen molar-refractivity contribution in [3.63, 3.8) is 0 Å². The van der Waals surface area contributed by atoms with Crippen molar-refractivity contribution in [2.45, 2.75) is 38.7 Å². The van der Waals surface area contributed by atoms with Gasteiger partial charge in [-0.05, 0) is 32.6 Å². The molecule has 0 spiro atoms. The fraction of sp³-hybridized carbons (Fsp3) is 1.00. The molecule has 0 fully saturated rings. The molecule has 4 heteroatoms. The molecule has 0 saturated heterocycles. The van der Waals surface area contributed by atoms with Crippen molar-refractivity contribution < 1.29 is 19.3 Å². The molecule has 16 heavy (non-hydrogen) atoms. The summed E-state index contributed by atoms with van der Waals surface area (Å²) in [6, 6.07) is 0. The van der Waals surface area contributed by atoms with E-state index >= 15 is 0 Å². The molecule has 0 aromatic carbocycles. The van der Waals surface area contributed by atoms with Gasteiger partial charge in [0, 0.05) is 26.9 Å². The van der Waals surface area contributed by atoms with E-state index in [1.165, 1.54) is 0 Å². The van der Waals surface area contributed by atoms with Gasteiger partial charge in [-0.1, -0.05) is 0 Å². The first-order valence-corrected chi connectivity index (χ1v) is 6.10. The van der Waals surface area contributed by atoms with Crippen molar-refractivity contribution in [2.24, 2.45) is 0 Å². The van der Waals surface area contributed by atoms with Crippen LogP contribution in [0.3, 0.4) is 0 Å². The van der Waals surface area contributed by atoms with Gasteiger partial charge in [-0.25, -0.2) is 0 Å². The first-order valence-electron chi connectivity index (χ1n) is 6.10. The highest BCUT2D eigenvalue weighted by atomic mass is 16.5. The molecule has 0 bridgehead atoms. The molecular weight excluding hydrogens is 208 g/mol. The van der Waals surface area contributed by atoms with Crippen LogP contribution in [0.2, 0.25) is 0 Å². The second-order valence-corrected chi connectivity index (χ2v) is 3.92. The Labute approximate surface area is 98.9 Å². The lowest BCUT2D eigenvalue weighted by molar-refractivity contribution is 0.0379. The first kappa shape index (κ1) is 15.8. The SMILES string of the molecule is COCCCOCCOCCCCC(C)O. The summed E-state index contributed by atoms with van der Waals surface area (Å²) in [6.07, 6.45) is 3.63.